The highest BCUT2D eigenvalue weighted by molar-refractivity contribution is 9.10. The number of hydrogen-bond acceptors (Lipinski definition) is 3. The van der Waals surface area contributed by atoms with Crippen molar-refractivity contribution >= 4 is 15.9 Å². The summed E-state index contributed by atoms with van der Waals surface area (Å²) in [4.78, 5) is 4.62. The molecule has 0 saturated carbocycles. The standard InChI is InChI=1S/C10H14BrNO2/c1-3-7-4-8(6-14-12)10(13-2)9(11)5-7/h4-5H,3,6,12H2,1-2H3. The molecule has 0 aliphatic rings. The topological polar surface area (TPSA) is 44.5 Å². The highest BCUT2D eigenvalue weighted by Gasteiger charge is 2.09. The molecule has 0 unspecified atom stereocenters. The van der Waals surface area contributed by atoms with Gasteiger partial charge in [-0.1, -0.05) is 6.92 Å². The molecule has 0 spiro atoms. The molecule has 0 atom stereocenters. The Balaban J connectivity index is 3.13. The Morgan fingerprint density at radius 3 is 2.64 bits per heavy atom. The average molecular weight is 260 g/mol. The summed E-state index contributed by atoms with van der Waals surface area (Å²) in [5, 5.41) is 0. The predicted molar refractivity (Wildman–Crippen MR) is 59.0 cm³/mol. The first kappa shape index (κ1) is 11.5. The van der Waals surface area contributed by atoms with Crippen molar-refractivity contribution in [3.8, 4) is 5.75 Å². The maximum atomic E-state index is 5.25. The smallest absolute Gasteiger partial charge is 0.138 e. The van der Waals surface area contributed by atoms with E-state index in [9.17, 15) is 0 Å². The van der Waals surface area contributed by atoms with E-state index < -0.39 is 0 Å². The highest BCUT2D eigenvalue weighted by atomic mass is 79.9. The number of aryl methyl sites for hydroxylation is 1. The highest BCUT2D eigenvalue weighted by Crippen LogP contribution is 2.31. The van der Waals surface area contributed by atoms with E-state index in [4.69, 9.17) is 10.6 Å². The summed E-state index contributed by atoms with van der Waals surface area (Å²) in [6, 6.07) is 4.08. The van der Waals surface area contributed by atoms with Crippen LogP contribution in [0, 0.1) is 0 Å². The van der Waals surface area contributed by atoms with Crippen molar-refractivity contribution in [2.75, 3.05) is 7.11 Å². The normalized spacial score (nSPS) is 10.3. The van der Waals surface area contributed by atoms with E-state index in [1.807, 2.05) is 12.1 Å². The Hall–Kier alpha value is -0.580. The molecule has 3 nitrogen and oxygen atoms in total. The molecular formula is C10H14BrNO2. The van der Waals surface area contributed by atoms with Gasteiger partial charge in [-0.15, -0.1) is 0 Å². The summed E-state index contributed by atoms with van der Waals surface area (Å²) in [5.74, 6) is 5.84. The Bertz CT molecular complexity index is 315. The van der Waals surface area contributed by atoms with E-state index >= 15 is 0 Å². The molecule has 4 heteroatoms. The second-order valence-corrected chi connectivity index (χ2v) is 3.79. The minimum absolute atomic E-state index is 0.357. The number of halogens is 1. The molecule has 0 aliphatic heterocycles. The van der Waals surface area contributed by atoms with Crippen LogP contribution in [0.2, 0.25) is 0 Å². The molecule has 0 saturated heterocycles. The molecular weight excluding hydrogens is 246 g/mol. The van der Waals surface area contributed by atoms with Gasteiger partial charge in [-0.25, -0.2) is 5.90 Å². The SMILES string of the molecule is CCc1cc(Br)c(OC)c(CON)c1. The van der Waals surface area contributed by atoms with Crippen molar-refractivity contribution in [1.82, 2.24) is 0 Å². The van der Waals surface area contributed by atoms with E-state index in [0.29, 0.717) is 6.61 Å². The van der Waals surface area contributed by atoms with Gasteiger partial charge in [0.05, 0.1) is 18.2 Å². The number of rotatable bonds is 4. The lowest BCUT2D eigenvalue weighted by atomic mass is 10.1. The van der Waals surface area contributed by atoms with Gasteiger partial charge in [0, 0.05) is 5.56 Å². The van der Waals surface area contributed by atoms with Crippen molar-refractivity contribution in [1.29, 1.82) is 0 Å². The minimum atomic E-state index is 0.357. The quantitative estimate of drug-likeness (QED) is 0.845. The molecule has 78 valence electrons. The van der Waals surface area contributed by atoms with Crippen LogP contribution < -0.4 is 10.6 Å². The molecule has 0 radical (unpaired) electrons. The first-order valence-corrected chi connectivity index (χ1v) is 5.19. The number of hydrogen-bond donors (Lipinski definition) is 1. The molecule has 0 amide bonds. The molecule has 0 fully saturated rings. The minimum Gasteiger partial charge on any atom is -0.495 e. The van der Waals surface area contributed by atoms with E-state index in [0.717, 1.165) is 22.2 Å². The van der Waals surface area contributed by atoms with Crippen LogP contribution in [0.3, 0.4) is 0 Å². The van der Waals surface area contributed by atoms with Gasteiger partial charge in [0.2, 0.25) is 0 Å². The first-order chi connectivity index (χ1) is 6.72. The summed E-state index contributed by atoms with van der Waals surface area (Å²) >= 11 is 3.45. The fraction of sp³-hybridized carbons (Fsp3) is 0.400. The molecule has 0 bridgehead atoms. The number of methoxy groups -OCH3 is 1. The van der Waals surface area contributed by atoms with Gasteiger partial charge in [-0.3, -0.25) is 4.84 Å². The van der Waals surface area contributed by atoms with Gasteiger partial charge in [0.15, 0.2) is 0 Å². The zero-order chi connectivity index (χ0) is 10.6. The average Bonchev–Trinajstić information content (AvgIpc) is 2.18. The molecule has 0 heterocycles. The second-order valence-electron chi connectivity index (χ2n) is 2.93. The van der Waals surface area contributed by atoms with Gasteiger partial charge in [0.1, 0.15) is 5.75 Å². The number of nitrogens with two attached hydrogens (primary N) is 1. The van der Waals surface area contributed by atoms with Crippen molar-refractivity contribution in [2.45, 2.75) is 20.0 Å². The first-order valence-electron chi connectivity index (χ1n) is 4.39. The maximum Gasteiger partial charge on any atom is 0.138 e. The third-order valence-electron chi connectivity index (χ3n) is 2.03. The fourth-order valence-electron chi connectivity index (χ4n) is 1.34. The van der Waals surface area contributed by atoms with Gasteiger partial charge in [0.25, 0.3) is 0 Å². The molecule has 0 aromatic heterocycles. The van der Waals surface area contributed by atoms with E-state index in [1.165, 1.54) is 5.56 Å². The van der Waals surface area contributed by atoms with Crippen LogP contribution in [-0.2, 0) is 17.9 Å². The van der Waals surface area contributed by atoms with Crippen LogP contribution in [0.15, 0.2) is 16.6 Å². The third-order valence-corrected chi connectivity index (χ3v) is 2.62. The predicted octanol–water partition coefficient (Wildman–Crippen LogP) is 2.41. The Morgan fingerprint density at radius 1 is 1.43 bits per heavy atom. The molecule has 0 aliphatic carbocycles. The third kappa shape index (κ3) is 2.47. The summed E-state index contributed by atoms with van der Waals surface area (Å²) in [6.07, 6.45) is 0.972. The molecule has 1 rings (SSSR count). The monoisotopic (exact) mass is 259 g/mol. The summed E-state index contributed by atoms with van der Waals surface area (Å²) in [7, 11) is 1.63. The van der Waals surface area contributed by atoms with Crippen LogP contribution in [0.25, 0.3) is 0 Å². The number of ether oxygens (including phenoxy) is 1. The second kappa shape index (κ2) is 5.34. The molecule has 2 N–H and O–H groups in total. The number of benzene rings is 1. The lowest BCUT2D eigenvalue weighted by Crippen LogP contribution is -2.02. The van der Waals surface area contributed by atoms with Crippen molar-refractivity contribution in [3.05, 3.63) is 27.7 Å². The molecule has 14 heavy (non-hydrogen) atoms. The van der Waals surface area contributed by atoms with E-state index in [2.05, 4.69) is 27.7 Å². The lowest BCUT2D eigenvalue weighted by molar-refractivity contribution is 0.122. The van der Waals surface area contributed by atoms with Crippen LogP contribution in [-0.4, -0.2) is 7.11 Å². The van der Waals surface area contributed by atoms with E-state index in [1.54, 1.807) is 7.11 Å². The molecule has 1 aromatic carbocycles. The molecule has 1 aromatic rings. The summed E-state index contributed by atoms with van der Waals surface area (Å²) < 4.78 is 6.18. The van der Waals surface area contributed by atoms with Crippen LogP contribution >= 0.6 is 15.9 Å². The zero-order valence-corrected chi connectivity index (χ0v) is 9.93. The van der Waals surface area contributed by atoms with Crippen LogP contribution in [0.5, 0.6) is 5.75 Å². The van der Waals surface area contributed by atoms with Gasteiger partial charge < -0.3 is 4.74 Å². The Kier molecular flexibility index (Phi) is 4.38. The summed E-state index contributed by atoms with van der Waals surface area (Å²) in [5.41, 5.74) is 2.19. The van der Waals surface area contributed by atoms with Gasteiger partial charge in [-0.2, -0.15) is 0 Å². The van der Waals surface area contributed by atoms with Crippen molar-refractivity contribution in [3.63, 3.8) is 0 Å². The summed E-state index contributed by atoms with van der Waals surface area (Å²) in [6.45, 7) is 2.46. The fourth-order valence-corrected chi connectivity index (χ4v) is 2.05. The zero-order valence-electron chi connectivity index (χ0n) is 8.34. The van der Waals surface area contributed by atoms with Gasteiger partial charge >= 0.3 is 0 Å². The largest absolute Gasteiger partial charge is 0.495 e. The van der Waals surface area contributed by atoms with Crippen LogP contribution in [0.4, 0.5) is 0 Å². The Morgan fingerprint density at radius 2 is 2.14 bits per heavy atom. The Labute approximate surface area is 92.3 Å². The van der Waals surface area contributed by atoms with Crippen LogP contribution in [0.1, 0.15) is 18.1 Å². The van der Waals surface area contributed by atoms with E-state index in [-0.39, 0.29) is 0 Å². The maximum absolute atomic E-state index is 5.25. The van der Waals surface area contributed by atoms with Crippen molar-refractivity contribution in [2.24, 2.45) is 5.90 Å². The van der Waals surface area contributed by atoms with Crippen molar-refractivity contribution < 1.29 is 9.57 Å². The lowest BCUT2D eigenvalue weighted by Gasteiger charge is -2.11. The van der Waals surface area contributed by atoms with Gasteiger partial charge in [-0.05, 0) is 40.0 Å².